The summed E-state index contributed by atoms with van der Waals surface area (Å²) in [6.45, 7) is 8.58. The first kappa shape index (κ1) is 20.4. The van der Waals surface area contributed by atoms with Crippen molar-refractivity contribution in [3.63, 3.8) is 0 Å². The Hall–Kier alpha value is -3.35. The Kier molecular flexibility index (Phi) is 6.16. The van der Waals surface area contributed by atoms with Gasteiger partial charge in [0.2, 0.25) is 11.9 Å². The quantitative estimate of drug-likeness (QED) is 0.612. The van der Waals surface area contributed by atoms with E-state index in [1.165, 1.54) is 5.56 Å². The van der Waals surface area contributed by atoms with Crippen molar-refractivity contribution in [2.45, 2.75) is 34.2 Å². The number of aromatic nitrogens is 3. The second kappa shape index (κ2) is 8.77. The summed E-state index contributed by atoms with van der Waals surface area (Å²) < 4.78 is 10.8. The summed E-state index contributed by atoms with van der Waals surface area (Å²) in [5.74, 6) is 3.01. The first-order valence-corrected chi connectivity index (χ1v) is 9.42. The number of ether oxygens (including phenoxy) is 2. The van der Waals surface area contributed by atoms with Gasteiger partial charge in [0.15, 0.2) is 11.5 Å². The van der Waals surface area contributed by atoms with Crippen molar-refractivity contribution in [2.24, 2.45) is 0 Å². The lowest BCUT2D eigenvalue weighted by Gasteiger charge is -2.15. The van der Waals surface area contributed by atoms with Crippen molar-refractivity contribution in [3.05, 3.63) is 58.4 Å². The highest BCUT2D eigenvalue weighted by atomic mass is 16.5. The molecule has 0 aliphatic rings. The van der Waals surface area contributed by atoms with E-state index in [0.717, 1.165) is 22.4 Å². The van der Waals surface area contributed by atoms with E-state index in [0.29, 0.717) is 35.8 Å². The minimum atomic E-state index is 0.492. The third kappa shape index (κ3) is 4.74. The second-order valence-corrected chi connectivity index (χ2v) is 6.93. The van der Waals surface area contributed by atoms with Crippen molar-refractivity contribution in [2.75, 3.05) is 24.9 Å². The van der Waals surface area contributed by atoms with Crippen molar-refractivity contribution in [1.29, 1.82) is 0 Å². The molecule has 0 spiro atoms. The number of methoxy groups -OCH3 is 2. The lowest BCUT2D eigenvalue weighted by Crippen LogP contribution is -2.10. The Morgan fingerprint density at radius 1 is 0.862 bits per heavy atom. The second-order valence-electron chi connectivity index (χ2n) is 6.93. The fraction of sp³-hybridized carbons (Fsp3) is 0.318. The number of anilines is 3. The zero-order chi connectivity index (χ0) is 21.0. The molecule has 152 valence electrons. The number of para-hydroxylation sites is 1. The van der Waals surface area contributed by atoms with Gasteiger partial charge in [-0.3, -0.25) is 0 Å². The van der Waals surface area contributed by atoms with E-state index in [2.05, 4.69) is 58.5 Å². The molecule has 2 N–H and O–H groups in total. The lowest BCUT2D eigenvalue weighted by molar-refractivity contribution is 0.352. The first-order valence-electron chi connectivity index (χ1n) is 9.42. The summed E-state index contributed by atoms with van der Waals surface area (Å²) in [7, 11) is 3.25. The molecule has 1 aromatic heterocycles. The third-order valence-electron chi connectivity index (χ3n) is 4.58. The van der Waals surface area contributed by atoms with Gasteiger partial charge in [-0.05, 0) is 44.9 Å². The normalized spacial score (nSPS) is 10.6. The molecule has 2 aromatic carbocycles. The Balaban J connectivity index is 1.82. The van der Waals surface area contributed by atoms with Crippen LogP contribution in [0.15, 0.2) is 30.3 Å². The smallest absolute Gasteiger partial charge is 0.232 e. The van der Waals surface area contributed by atoms with Crippen LogP contribution in [0.1, 0.15) is 28.1 Å². The third-order valence-corrected chi connectivity index (χ3v) is 4.58. The van der Waals surface area contributed by atoms with E-state index in [9.17, 15) is 0 Å². The van der Waals surface area contributed by atoms with Gasteiger partial charge in [0.25, 0.3) is 0 Å². The van der Waals surface area contributed by atoms with Crippen LogP contribution < -0.4 is 20.1 Å². The minimum Gasteiger partial charge on any atom is -0.493 e. The van der Waals surface area contributed by atoms with Crippen molar-refractivity contribution in [1.82, 2.24) is 15.0 Å². The molecule has 29 heavy (non-hydrogen) atoms. The monoisotopic (exact) mass is 393 g/mol. The van der Waals surface area contributed by atoms with Crippen LogP contribution in [0.25, 0.3) is 0 Å². The summed E-state index contributed by atoms with van der Waals surface area (Å²) in [6, 6.07) is 10.0. The Morgan fingerprint density at radius 3 is 2.21 bits per heavy atom. The molecule has 0 bridgehead atoms. The predicted molar refractivity (Wildman–Crippen MR) is 115 cm³/mol. The minimum absolute atomic E-state index is 0.492. The van der Waals surface area contributed by atoms with Gasteiger partial charge in [0.1, 0.15) is 5.82 Å². The summed E-state index contributed by atoms with van der Waals surface area (Å²) >= 11 is 0. The summed E-state index contributed by atoms with van der Waals surface area (Å²) in [5.41, 5.74) is 5.49. The molecule has 7 nitrogen and oxygen atoms in total. The van der Waals surface area contributed by atoms with Crippen LogP contribution in [0.4, 0.5) is 17.6 Å². The topological polar surface area (TPSA) is 81.2 Å². The maximum atomic E-state index is 5.49. The number of rotatable bonds is 7. The molecule has 0 radical (unpaired) electrons. The molecule has 0 atom stereocenters. The van der Waals surface area contributed by atoms with Gasteiger partial charge in [0, 0.05) is 17.8 Å². The average molecular weight is 393 g/mol. The van der Waals surface area contributed by atoms with Crippen LogP contribution in [-0.2, 0) is 6.54 Å². The van der Waals surface area contributed by atoms with Gasteiger partial charge in [-0.1, -0.05) is 29.8 Å². The SMILES string of the molecule is COc1cccc(CNc2nc(C)nc(Nc3c(C)cc(C)cc3C)n2)c1OC. The van der Waals surface area contributed by atoms with E-state index >= 15 is 0 Å². The highest BCUT2D eigenvalue weighted by Crippen LogP contribution is 2.31. The van der Waals surface area contributed by atoms with Gasteiger partial charge in [0.05, 0.1) is 14.2 Å². The van der Waals surface area contributed by atoms with Crippen LogP contribution in [-0.4, -0.2) is 29.2 Å². The molecule has 0 saturated heterocycles. The van der Waals surface area contributed by atoms with Gasteiger partial charge in [-0.15, -0.1) is 0 Å². The number of nitrogens with one attached hydrogen (secondary N) is 2. The number of hydrogen-bond donors (Lipinski definition) is 2. The largest absolute Gasteiger partial charge is 0.493 e. The van der Waals surface area contributed by atoms with Crippen molar-refractivity contribution in [3.8, 4) is 11.5 Å². The molecule has 0 aliphatic heterocycles. The molecule has 0 fully saturated rings. The molecule has 0 amide bonds. The molecule has 3 rings (SSSR count). The molecule has 0 saturated carbocycles. The molecule has 0 unspecified atom stereocenters. The number of hydrogen-bond acceptors (Lipinski definition) is 7. The molecular weight excluding hydrogens is 366 g/mol. The zero-order valence-electron chi connectivity index (χ0n) is 17.8. The maximum Gasteiger partial charge on any atom is 0.232 e. The van der Waals surface area contributed by atoms with E-state index < -0.39 is 0 Å². The zero-order valence-corrected chi connectivity index (χ0v) is 17.8. The Bertz CT molecular complexity index is 997. The molecule has 1 heterocycles. The number of nitrogens with zero attached hydrogens (tertiary/aromatic N) is 3. The predicted octanol–water partition coefficient (Wildman–Crippen LogP) is 4.48. The lowest BCUT2D eigenvalue weighted by atomic mass is 10.1. The summed E-state index contributed by atoms with van der Waals surface area (Å²) in [5, 5.41) is 6.60. The summed E-state index contributed by atoms with van der Waals surface area (Å²) in [6.07, 6.45) is 0. The van der Waals surface area contributed by atoms with Crippen LogP contribution in [0.3, 0.4) is 0 Å². The van der Waals surface area contributed by atoms with Crippen LogP contribution >= 0.6 is 0 Å². The van der Waals surface area contributed by atoms with Crippen LogP contribution in [0.2, 0.25) is 0 Å². The molecular formula is C22H27N5O2. The Morgan fingerprint density at radius 2 is 1.55 bits per heavy atom. The van der Waals surface area contributed by atoms with E-state index in [4.69, 9.17) is 9.47 Å². The highest BCUT2D eigenvalue weighted by Gasteiger charge is 2.12. The van der Waals surface area contributed by atoms with Crippen molar-refractivity contribution >= 4 is 17.6 Å². The number of benzene rings is 2. The first-order chi connectivity index (χ1) is 13.9. The van der Waals surface area contributed by atoms with Gasteiger partial charge >= 0.3 is 0 Å². The van der Waals surface area contributed by atoms with Gasteiger partial charge in [-0.2, -0.15) is 15.0 Å². The Labute approximate surface area is 171 Å². The maximum absolute atomic E-state index is 5.49. The van der Waals surface area contributed by atoms with Crippen molar-refractivity contribution < 1.29 is 9.47 Å². The fourth-order valence-electron chi connectivity index (χ4n) is 3.37. The van der Waals surface area contributed by atoms with E-state index in [-0.39, 0.29) is 0 Å². The molecule has 0 aliphatic carbocycles. The van der Waals surface area contributed by atoms with E-state index in [1.54, 1.807) is 14.2 Å². The average Bonchev–Trinajstić information content (AvgIpc) is 2.68. The highest BCUT2D eigenvalue weighted by molar-refractivity contribution is 5.64. The number of aryl methyl sites for hydroxylation is 4. The van der Waals surface area contributed by atoms with Crippen LogP contribution in [0, 0.1) is 27.7 Å². The standard InChI is InChI=1S/C22H27N5O2/c1-13-10-14(2)19(15(3)11-13)26-22-25-16(4)24-21(27-22)23-12-17-8-7-9-18(28-5)20(17)29-6/h7-11H,12H2,1-6H3,(H2,23,24,25,26,27). The molecule has 7 heteroatoms. The van der Waals surface area contributed by atoms with Crippen LogP contribution in [0.5, 0.6) is 11.5 Å². The fourth-order valence-corrected chi connectivity index (χ4v) is 3.37. The summed E-state index contributed by atoms with van der Waals surface area (Å²) in [4.78, 5) is 13.4. The van der Waals surface area contributed by atoms with Gasteiger partial charge in [-0.25, -0.2) is 0 Å². The molecule has 3 aromatic rings. The van der Waals surface area contributed by atoms with Gasteiger partial charge < -0.3 is 20.1 Å². The van der Waals surface area contributed by atoms with E-state index in [1.807, 2.05) is 25.1 Å².